The summed E-state index contributed by atoms with van der Waals surface area (Å²) in [5.74, 6) is -0.430. The number of hydrogen-bond donors (Lipinski definition) is 4. The maximum atomic E-state index is 12.9. The molecule has 3 rings (SSSR count). The molecule has 1 unspecified atom stereocenters. The number of carbonyl (C=O) groups is 2. The van der Waals surface area contributed by atoms with Crippen molar-refractivity contribution in [3.05, 3.63) is 70.1 Å². The van der Waals surface area contributed by atoms with E-state index in [0.29, 0.717) is 36.7 Å². The Hall–Kier alpha value is -3.62. The summed E-state index contributed by atoms with van der Waals surface area (Å²) in [5, 5.41) is 20.5. The number of nitrogens with zero attached hydrogens (tertiary/aromatic N) is 4. The van der Waals surface area contributed by atoms with Crippen molar-refractivity contribution >= 4 is 40.3 Å². The molecule has 0 radical (unpaired) electrons. The Bertz CT molecular complexity index is 1180. The number of hydrogen-bond acceptors (Lipinski definition) is 9. The van der Waals surface area contributed by atoms with Crippen molar-refractivity contribution in [1.82, 2.24) is 19.8 Å². The molecule has 38 heavy (non-hydrogen) atoms. The van der Waals surface area contributed by atoms with E-state index in [1.165, 1.54) is 11.3 Å². The summed E-state index contributed by atoms with van der Waals surface area (Å²) in [7, 11) is 3.88. The number of urea groups is 1. The molecule has 0 bridgehead atoms. The second-order valence-electron chi connectivity index (χ2n) is 9.73. The summed E-state index contributed by atoms with van der Waals surface area (Å²) in [4.78, 5) is 43.0. The van der Waals surface area contributed by atoms with E-state index >= 15 is 0 Å². The molecule has 0 aliphatic carbocycles. The molecule has 3 aromatic rings. The molecule has 3 heterocycles. The maximum absolute atomic E-state index is 12.9. The molecular formula is C25H34N8O4S. The van der Waals surface area contributed by atoms with Gasteiger partial charge >= 0.3 is 6.03 Å². The van der Waals surface area contributed by atoms with E-state index in [1.807, 2.05) is 19.0 Å². The maximum Gasteiger partial charge on any atom is 0.322 e. The van der Waals surface area contributed by atoms with Crippen LogP contribution in [-0.2, 0) is 11.4 Å². The number of aromatic nitrogens is 2. The van der Waals surface area contributed by atoms with Gasteiger partial charge in [-0.2, -0.15) is 4.84 Å². The van der Waals surface area contributed by atoms with Gasteiger partial charge in [0.2, 0.25) is 0 Å². The molecular weight excluding hydrogens is 508 g/mol. The van der Waals surface area contributed by atoms with Crippen molar-refractivity contribution in [1.29, 1.82) is 0 Å². The average molecular weight is 543 g/mol. The number of carbonyl (C=O) groups excluding carboxylic acids is 2. The highest BCUT2D eigenvalue weighted by Crippen LogP contribution is 2.26. The number of amides is 3. The van der Waals surface area contributed by atoms with Gasteiger partial charge in [0.05, 0.1) is 17.6 Å². The Morgan fingerprint density at radius 2 is 1.84 bits per heavy atom. The minimum atomic E-state index is -0.642. The third-order valence-electron chi connectivity index (χ3n) is 4.99. The summed E-state index contributed by atoms with van der Waals surface area (Å²) in [6, 6.07) is 6.62. The van der Waals surface area contributed by atoms with Gasteiger partial charge in [0.1, 0.15) is 17.0 Å². The van der Waals surface area contributed by atoms with Crippen molar-refractivity contribution in [2.45, 2.75) is 32.9 Å². The fraction of sp³-hybridized carbons (Fsp3) is 0.360. The fourth-order valence-corrected chi connectivity index (χ4v) is 3.89. The molecule has 0 spiro atoms. The number of quaternary nitrogens is 1. The molecule has 204 valence electrons. The molecule has 0 aromatic carbocycles. The van der Waals surface area contributed by atoms with Crippen LogP contribution in [0.25, 0.3) is 0 Å². The van der Waals surface area contributed by atoms with Crippen LogP contribution in [-0.4, -0.2) is 64.5 Å². The zero-order chi connectivity index (χ0) is 27.7. The molecule has 13 heteroatoms. The van der Waals surface area contributed by atoms with Gasteiger partial charge in [0.15, 0.2) is 0 Å². The first-order valence-corrected chi connectivity index (χ1v) is 12.9. The zero-order valence-corrected chi connectivity index (χ0v) is 23.0. The molecule has 3 aromatic heterocycles. The number of likely N-dealkylation sites (N-methyl/N-ethyl adjacent to an activating group) is 1. The van der Waals surface area contributed by atoms with E-state index in [2.05, 4.69) is 26.0 Å². The van der Waals surface area contributed by atoms with Gasteiger partial charge in [0.25, 0.3) is 5.91 Å². The van der Waals surface area contributed by atoms with Crippen molar-refractivity contribution in [2.75, 3.05) is 43.2 Å². The first-order valence-electron chi connectivity index (χ1n) is 11.9. The number of pyridine rings is 2. The normalized spacial score (nSPS) is 12.2. The lowest BCUT2D eigenvalue weighted by Gasteiger charge is -2.27. The molecule has 0 aliphatic rings. The van der Waals surface area contributed by atoms with Crippen molar-refractivity contribution < 1.29 is 19.8 Å². The molecule has 3 amide bonds. The smallest absolute Gasteiger partial charge is 0.322 e. The lowest BCUT2D eigenvalue weighted by molar-refractivity contribution is -1.05. The largest absolute Gasteiger partial charge is 0.574 e. The van der Waals surface area contributed by atoms with Gasteiger partial charge in [0, 0.05) is 42.8 Å². The molecule has 0 saturated heterocycles. The summed E-state index contributed by atoms with van der Waals surface area (Å²) >= 11 is 1.33. The third-order valence-corrected chi connectivity index (χ3v) is 5.74. The Balaban J connectivity index is 1.63. The van der Waals surface area contributed by atoms with Crippen molar-refractivity contribution in [3.63, 3.8) is 0 Å². The van der Waals surface area contributed by atoms with Crippen molar-refractivity contribution in [2.24, 2.45) is 0 Å². The van der Waals surface area contributed by atoms with Crippen molar-refractivity contribution in [3.8, 4) is 0 Å². The van der Waals surface area contributed by atoms with E-state index in [1.54, 1.807) is 79.3 Å². The number of nitrogens with one attached hydrogen (secondary N) is 4. The fourth-order valence-electron chi connectivity index (χ4n) is 3.18. The predicted molar refractivity (Wildman–Crippen MR) is 148 cm³/mol. The quantitative estimate of drug-likeness (QED) is 0.271. The molecule has 0 aliphatic heterocycles. The Labute approximate surface area is 226 Å². The Morgan fingerprint density at radius 1 is 1.08 bits per heavy atom. The van der Waals surface area contributed by atoms with Gasteiger partial charge in [-0.05, 0) is 58.6 Å². The predicted octanol–water partition coefficient (Wildman–Crippen LogP) is 2.83. The van der Waals surface area contributed by atoms with Crippen LogP contribution >= 0.6 is 11.3 Å². The number of anilines is 3. The monoisotopic (exact) mass is 542 g/mol. The zero-order valence-electron chi connectivity index (χ0n) is 22.1. The van der Waals surface area contributed by atoms with E-state index in [9.17, 15) is 14.8 Å². The van der Waals surface area contributed by atoms with Crippen LogP contribution in [0.1, 0.15) is 36.8 Å². The van der Waals surface area contributed by atoms with Crippen LogP contribution in [0.5, 0.6) is 0 Å². The lowest BCUT2D eigenvalue weighted by Crippen LogP contribution is -3.10. The van der Waals surface area contributed by atoms with Crippen LogP contribution in [0, 0.1) is 5.21 Å². The minimum absolute atomic E-state index is 0.197. The summed E-state index contributed by atoms with van der Waals surface area (Å²) in [6.07, 6.45) is 4.79. The van der Waals surface area contributed by atoms with Crippen LogP contribution in [0.15, 0.2) is 53.6 Å². The summed E-state index contributed by atoms with van der Waals surface area (Å²) in [6.45, 7) is 6.79. The Morgan fingerprint density at radius 3 is 2.47 bits per heavy atom. The van der Waals surface area contributed by atoms with E-state index in [-0.39, 0.29) is 11.7 Å². The highest BCUT2D eigenvalue weighted by molar-refractivity contribution is 7.09. The second-order valence-corrected chi connectivity index (χ2v) is 10.5. The molecule has 0 fully saturated rings. The SMILES string of the molecule is CN(C)CCN(Cc1ccc(C(=O)Nc2cscc2N[NH+]([O-])OC(C)(C)C)nc1)C(=O)Nc1cccnc1. The molecule has 4 N–H and O–H groups in total. The second kappa shape index (κ2) is 13.3. The average Bonchev–Trinajstić information content (AvgIpc) is 3.27. The van der Waals surface area contributed by atoms with Gasteiger partial charge < -0.3 is 25.6 Å². The van der Waals surface area contributed by atoms with Gasteiger partial charge in [-0.3, -0.25) is 14.8 Å². The van der Waals surface area contributed by atoms with E-state index < -0.39 is 16.8 Å². The first kappa shape index (κ1) is 28.9. The van der Waals surface area contributed by atoms with Crippen LogP contribution in [0.4, 0.5) is 21.9 Å². The Kier molecular flexibility index (Phi) is 10.1. The highest BCUT2D eigenvalue weighted by Gasteiger charge is 2.19. The number of thiophene rings is 1. The van der Waals surface area contributed by atoms with E-state index in [0.717, 1.165) is 5.56 Å². The van der Waals surface area contributed by atoms with Gasteiger partial charge in [-0.15, -0.1) is 16.7 Å². The first-order chi connectivity index (χ1) is 18.0. The van der Waals surface area contributed by atoms with Gasteiger partial charge in [-0.25, -0.2) is 10.2 Å². The highest BCUT2D eigenvalue weighted by atomic mass is 32.1. The minimum Gasteiger partial charge on any atom is -0.574 e. The van der Waals surface area contributed by atoms with E-state index in [4.69, 9.17) is 4.84 Å². The third kappa shape index (κ3) is 9.36. The van der Waals surface area contributed by atoms with Crippen LogP contribution < -0.4 is 21.4 Å². The van der Waals surface area contributed by atoms with Crippen LogP contribution in [0.2, 0.25) is 0 Å². The number of rotatable bonds is 11. The summed E-state index contributed by atoms with van der Waals surface area (Å²) in [5.41, 5.74) is 4.45. The topological polar surface area (TPSA) is 139 Å². The molecule has 1 atom stereocenters. The lowest BCUT2D eigenvalue weighted by atomic mass is 10.2. The molecule has 0 saturated carbocycles. The van der Waals surface area contributed by atoms with Crippen LogP contribution in [0.3, 0.4) is 0 Å². The van der Waals surface area contributed by atoms with Gasteiger partial charge in [-0.1, -0.05) is 6.07 Å². The molecule has 12 nitrogen and oxygen atoms in total. The standard InChI is InChI=1S/C25H34N8O4S/c1-25(2,3)37-33(36)30-22-17-38-16-21(22)29-23(34)20-9-8-18(13-27-20)15-32(12-11-31(4)5)24(35)28-19-7-6-10-26-14-19/h6-10,13-14,16-17,30,33H,11-12,15H2,1-5H3,(H,28,35)(H,29,34). The summed E-state index contributed by atoms with van der Waals surface area (Å²) < 4.78 is 0.